The van der Waals surface area contributed by atoms with Crippen LogP contribution in [0, 0.1) is 12.8 Å². The lowest BCUT2D eigenvalue weighted by molar-refractivity contribution is -0.0474. The topological polar surface area (TPSA) is 61.4 Å². The van der Waals surface area contributed by atoms with Crippen LogP contribution in [0.2, 0.25) is 0 Å². The van der Waals surface area contributed by atoms with E-state index in [2.05, 4.69) is 10.1 Å². The first-order chi connectivity index (χ1) is 12.4. The van der Waals surface area contributed by atoms with Crippen LogP contribution in [0.4, 0.5) is 8.78 Å². The molecule has 26 heavy (non-hydrogen) atoms. The quantitative estimate of drug-likeness (QED) is 0.838. The van der Waals surface area contributed by atoms with E-state index in [1.807, 2.05) is 0 Å². The van der Waals surface area contributed by atoms with Crippen LogP contribution in [-0.4, -0.2) is 38.3 Å². The highest BCUT2D eigenvalue weighted by Crippen LogP contribution is 2.36. The maximum atomic E-state index is 13.4. The molecule has 142 valence electrons. The highest BCUT2D eigenvalue weighted by Gasteiger charge is 2.35. The van der Waals surface area contributed by atoms with Crippen molar-refractivity contribution in [3.05, 3.63) is 28.2 Å². The SMILES string of the molecule is Cc1nn2c(C3CCOCC3)ncc2c(=O)n1CC1CCC(F)(F)CC1. The molecule has 1 saturated carbocycles. The van der Waals surface area contributed by atoms with Gasteiger partial charge < -0.3 is 4.74 Å². The molecule has 0 aromatic carbocycles. The summed E-state index contributed by atoms with van der Waals surface area (Å²) in [4.78, 5) is 17.4. The molecule has 2 aromatic rings. The monoisotopic (exact) mass is 366 g/mol. The van der Waals surface area contributed by atoms with Gasteiger partial charge in [-0.2, -0.15) is 5.10 Å². The fourth-order valence-corrected chi connectivity index (χ4v) is 4.08. The summed E-state index contributed by atoms with van der Waals surface area (Å²) in [5.74, 6) is -0.802. The molecule has 0 amide bonds. The molecule has 2 fully saturated rings. The third kappa shape index (κ3) is 3.26. The number of imidazole rings is 1. The molecule has 0 N–H and O–H groups in total. The number of aromatic nitrogens is 4. The van der Waals surface area contributed by atoms with E-state index in [1.54, 1.807) is 22.2 Å². The van der Waals surface area contributed by atoms with Gasteiger partial charge in [0.15, 0.2) is 5.52 Å². The Hall–Kier alpha value is -1.83. The van der Waals surface area contributed by atoms with E-state index < -0.39 is 5.92 Å². The van der Waals surface area contributed by atoms with Crippen molar-refractivity contribution in [3.63, 3.8) is 0 Å². The number of rotatable bonds is 3. The van der Waals surface area contributed by atoms with E-state index in [1.165, 1.54) is 0 Å². The van der Waals surface area contributed by atoms with Crippen LogP contribution < -0.4 is 5.56 Å². The van der Waals surface area contributed by atoms with Crippen molar-refractivity contribution in [2.45, 2.75) is 63.8 Å². The molecule has 3 heterocycles. The van der Waals surface area contributed by atoms with E-state index in [9.17, 15) is 13.6 Å². The molecule has 1 aliphatic carbocycles. The van der Waals surface area contributed by atoms with Gasteiger partial charge in [0.1, 0.15) is 11.6 Å². The summed E-state index contributed by atoms with van der Waals surface area (Å²) < 4.78 is 35.4. The van der Waals surface area contributed by atoms with E-state index in [0.29, 0.717) is 43.9 Å². The Balaban J connectivity index is 1.62. The average Bonchev–Trinajstić information content (AvgIpc) is 3.04. The van der Waals surface area contributed by atoms with Crippen LogP contribution in [0.5, 0.6) is 0 Å². The second-order valence-electron chi connectivity index (χ2n) is 7.56. The van der Waals surface area contributed by atoms with Crippen LogP contribution in [-0.2, 0) is 11.3 Å². The maximum Gasteiger partial charge on any atom is 0.279 e. The normalized spacial score (nSPS) is 22.1. The Morgan fingerprint density at radius 2 is 1.92 bits per heavy atom. The third-order valence-electron chi connectivity index (χ3n) is 5.73. The van der Waals surface area contributed by atoms with Gasteiger partial charge in [-0.05, 0) is 38.5 Å². The molecule has 0 unspecified atom stereocenters. The fraction of sp³-hybridized carbons (Fsp3) is 0.722. The minimum atomic E-state index is -2.55. The molecule has 0 atom stereocenters. The number of aryl methyl sites for hydroxylation is 1. The minimum Gasteiger partial charge on any atom is -0.381 e. The van der Waals surface area contributed by atoms with Crippen molar-refractivity contribution in [1.29, 1.82) is 0 Å². The number of ether oxygens (including phenoxy) is 1. The summed E-state index contributed by atoms with van der Waals surface area (Å²) in [6.07, 6.45) is 4.03. The van der Waals surface area contributed by atoms with Crippen molar-refractivity contribution in [2.75, 3.05) is 13.2 Å². The second kappa shape index (κ2) is 6.72. The van der Waals surface area contributed by atoms with Crippen molar-refractivity contribution in [1.82, 2.24) is 19.2 Å². The zero-order valence-electron chi connectivity index (χ0n) is 15.0. The Morgan fingerprint density at radius 1 is 1.23 bits per heavy atom. The molecule has 0 bridgehead atoms. The third-order valence-corrected chi connectivity index (χ3v) is 5.73. The Labute approximate surface area is 150 Å². The molecule has 0 spiro atoms. The van der Waals surface area contributed by atoms with Crippen molar-refractivity contribution < 1.29 is 13.5 Å². The van der Waals surface area contributed by atoms with Gasteiger partial charge in [-0.25, -0.2) is 18.3 Å². The number of alkyl halides is 2. The summed E-state index contributed by atoms with van der Waals surface area (Å²) in [7, 11) is 0. The molecule has 0 radical (unpaired) electrons. The average molecular weight is 366 g/mol. The molecule has 1 aliphatic heterocycles. The first-order valence-electron chi connectivity index (χ1n) is 9.35. The van der Waals surface area contributed by atoms with E-state index in [4.69, 9.17) is 4.74 Å². The fourth-order valence-electron chi connectivity index (χ4n) is 4.08. The van der Waals surface area contributed by atoms with Gasteiger partial charge in [-0.3, -0.25) is 9.36 Å². The Bertz CT molecular complexity index is 845. The first kappa shape index (κ1) is 17.6. The summed E-state index contributed by atoms with van der Waals surface area (Å²) in [6.45, 7) is 3.64. The van der Waals surface area contributed by atoms with Gasteiger partial charge in [0.2, 0.25) is 5.92 Å². The van der Waals surface area contributed by atoms with Crippen LogP contribution in [0.25, 0.3) is 5.52 Å². The van der Waals surface area contributed by atoms with E-state index in [-0.39, 0.29) is 30.2 Å². The number of halogens is 2. The van der Waals surface area contributed by atoms with Gasteiger partial charge in [0, 0.05) is 38.5 Å². The highest BCUT2D eigenvalue weighted by atomic mass is 19.3. The van der Waals surface area contributed by atoms with Gasteiger partial charge in [0.05, 0.1) is 6.20 Å². The molecular formula is C18H24F2N4O2. The molecule has 8 heteroatoms. The van der Waals surface area contributed by atoms with Crippen molar-refractivity contribution >= 4 is 5.52 Å². The maximum absolute atomic E-state index is 13.4. The number of hydrogen-bond acceptors (Lipinski definition) is 4. The zero-order valence-corrected chi connectivity index (χ0v) is 15.0. The zero-order chi connectivity index (χ0) is 18.3. The summed E-state index contributed by atoms with van der Waals surface area (Å²) >= 11 is 0. The first-order valence-corrected chi connectivity index (χ1v) is 9.35. The minimum absolute atomic E-state index is 0.0909. The summed E-state index contributed by atoms with van der Waals surface area (Å²) in [5, 5.41) is 4.59. The number of hydrogen-bond donors (Lipinski definition) is 0. The largest absolute Gasteiger partial charge is 0.381 e. The Morgan fingerprint density at radius 3 is 2.62 bits per heavy atom. The number of fused-ring (bicyclic) bond motifs is 1. The van der Waals surface area contributed by atoms with Crippen LogP contribution in [0.1, 0.15) is 56.1 Å². The van der Waals surface area contributed by atoms with Gasteiger partial charge in [-0.15, -0.1) is 0 Å². The molecule has 4 rings (SSSR count). The molecular weight excluding hydrogens is 342 g/mol. The van der Waals surface area contributed by atoms with E-state index >= 15 is 0 Å². The van der Waals surface area contributed by atoms with Crippen LogP contribution in [0.15, 0.2) is 11.0 Å². The summed E-state index contributed by atoms with van der Waals surface area (Å²) in [6, 6.07) is 0. The molecule has 2 aliphatic rings. The smallest absolute Gasteiger partial charge is 0.279 e. The second-order valence-corrected chi connectivity index (χ2v) is 7.56. The van der Waals surface area contributed by atoms with Crippen molar-refractivity contribution in [2.24, 2.45) is 5.92 Å². The molecule has 1 saturated heterocycles. The van der Waals surface area contributed by atoms with E-state index in [0.717, 1.165) is 18.7 Å². The van der Waals surface area contributed by atoms with Crippen molar-refractivity contribution in [3.8, 4) is 0 Å². The van der Waals surface area contributed by atoms with Gasteiger partial charge >= 0.3 is 0 Å². The van der Waals surface area contributed by atoms with Gasteiger partial charge in [-0.1, -0.05) is 0 Å². The highest BCUT2D eigenvalue weighted by molar-refractivity contribution is 5.43. The lowest BCUT2D eigenvalue weighted by Crippen LogP contribution is -2.33. The van der Waals surface area contributed by atoms with Crippen LogP contribution in [0.3, 0.4) is 0 Å². The predicted octanol–water partition coefficient (Wildman–Crippen LogP) is 2.92. The molecule has 6 nitrogen and oxygen atoms in total. The number of nitrogens with zero attached hydrogens (tertiary/aromatic N) is 4. The van der Waals surface area contributed by atoms with Gasteiger partial charge in [0.25, 0.3) is 5.56 Å². The molecule has 2 aromatic heterocycles. The van der Waals surface area contributed by atoms with Crippen LogP contribution >= 0.6 is 0 Å². The Kier molecular flexibility index (Phi) is 4.54. The standard InChI is InChI=1S/C18H24F2N4O2/c1-12-22-24-15(10-21-16(24)14-4-8-26-9-5-14)17(25)23(12)11-13-2-6-18(19,20)7-3-13/h10,13-14H,2-9,11H2,1H3. The lowest BCUT2D eigenvalue weighted by Gasteiger charge is -2.28. The predicted molar refractivity (Wildman–Crippen MR) is 91.7 cm³/mol. The lowest BCUT2D eigenvalue weighted by atomic mass is 9.86. The summed E-state index contributed by atoms with van der Waals surface area (Å²) in [5.41, 5.74) is 0.318.